The van der Waals surface area contributed by atoms with E-state index in [9.17, 15) is 0 Å². The quantitative estimate of drug-likeness (QED) is 0.730. The Balaban J connectivity index is 1.82. The van der Waals surface area contributed by atoms with Crippen molar-refractivity contribution in [3.8, 4) is 5.75 Å². The first-order chi connectivity index (χ1) is 10.3. The van der Waals surface area contributed by atoms with Gasteiger partial charge in [-0.05, 0) is 17.7 Å². The van der Waals surface area contributed by atoms with Crippen LogP contribution in [0.4, 0.5) is 5.69 Å². The second-order valence-electron chi connectivity index (χ2n) is 4.91. The van der Waals surface area contributed by atoms with Crippen molar-refractivity contribution in [1.29, 1.82) is 0 Å². The van der Waals surface area contributed by atoms with Crippen LogP contribution in [-0.2, 0) is 6.54 Å². The Morgan fingerprint density at radius 1 is 1.00 bits per heavy atom. The lowest BCUT2D eigenvalue weighted by Gasteiger charge is -2.21. The summed E-state index contributed by atoms with van der Waals surface area (Å²) in [5.41, 5.74) is 7.65. The Morgan fingerprint density at radius 3 is 2.52 bits per heavy atom. The third kappa shape index (κ3) is 5.45. The first-order valence-corrected chi connectivity index (χ1v) is 7.13. The summed E-state index contributed by atoms with van der Waals surface area (Å²) < 4.78 is 5.70. The zero-order chi connectivity index (χ0) is 14.9. The summed E-state index contributed by atoms with van der Waals surface area (Å²) in [6.07, 6.45) is 0. The van der Waals surface area contributed by atoms with Crippen LogP contribution in [0.3, 0.4) is 0 Å². The zero-order valence-electron chi connectivity index (χ0n) is 12.1. The number of rotatable bonds is 8. The van der Waals surface area contributed by atoms with E-state index in [0.717, 1.165) is 18.8 Å². The number of aliphatic hydroxyl groups is 1. The van der Waals surface area contributed by atoms with Gasteiger partial charge in [0.15, 0.2) is 0 Å². The predicted octanol–water partition coefficient (Wildman–Crippen LogP) is 2.14. The molecule has 0 aliphatic carbocycles. The van der Waals surface area contributed by atoms with E-state index >= 15 is 0 Å². The highest BCUT2D eigenvalue weighted by molar-refractivity contribution is 5.43. The van der Waals surface area contributed by atoms with Gasteiger partial charge in [0.05, 0.1) is 6.61 Å². The molecule has 2 aromatic carbocycles. The molecule has 0 atom stereocenters. The molecule has 0 saturated heterocycles. The Bertz CT molecular complexity index is 531. The molecular formula is C17H22N2O2. The molecule has 0 amide bonds. The Morgan fingerprint density at radius 2 is 1.81 bits per heavy atom. The summed E-state index contributed by atoms with van der Waals surface area (Å²) in [7, 11) is 0. The van der Waals surface area contributed by atoms with Gasteiger partial charge < -0.3 is 15.6 Å². The minimum atomic E-state index is 0.144. The minimum absolute atomic E-state index is 0.144. The van der Waals surface area contributed by atoms with Crippen molar-refractivity contribution in [1.82, 2.24) is 4.90 Å². The molecule has 0 radical (unpaired) electrons. The fourth-order valence-electron chi connectivity index (χ4n) is 2.15. The molecule has 0 bridgehead atoms. The van der Waals surface area contributed by atoms with Gasteiger partial charge in [0.2, 0.25) is 0 Å². The highest BCUT2D eigenvalue weighted by Gasteiger charge is 2.05. The number of aliphatic hydroxyl groups excluding tert-OH is 1. The lowest BCUT2D eigenvalue weighted by molar-refractivity contribution is 0.163. The van der Waals surface area contributed by atoms with Crippen LogP contribution in [0.5, 0.6) is 5.75 Å². The number of nitrogen functional groups attached to an aromatic ring is 1. The van der Waals surface area contributed by atoms with Crippen LogP contribution in [0.2, 0.25) is 0 Å². The molecule has 0 saturated carbocycles. The van der Waals surface area contributed by atoms with Crippen LogP contribution in [0.25, 0.3) is 0 Å². The lowest BCUT2D eigenvalue weighted by Crippen LogP contribution is -2.30. The first-order valence-electron chi connectivity index (χ1n) is 7.13. The van der Waals surface area contributed by atoms with E-state index in [1.165, 1.54) is 5.56 Å². The van der Waals surface area contributed by atoms with Crippen molar-refractivity contribution >= 4 is 5.69 Å². The van der Waals surface area contributed by atoms with E-state index in [1.54, 1.807) is 0 Å². The van der Waals surface area contributed by atoms with E-state index in [1.807, 2.05) is 42.5 Å². The second kappa shape index (κ2) is 8.29. The second-order valence-corrected chi connectivity index (χ2v) is 4.91. The SMILES string of the molecule is Nc1cccc(OCCN(CCO)Cc2ccccc2)c1. The maximum Gasteiger partial charge on any atom is 0.121 e. The van der Waals surface area contributed by atoms with Crippen molar-refractivity contribution in [2.75, 3.05) is 32.0 Å². The van der Waals surface area contributed by atoms with Crippen molar-refractivity contribution in [2.45, 2.75) is 6.54 Å². The van der Waals surface area contributed by atoms with Crippen LogP contribution in [0.15, 0.2) is 54.6 Å². The van der Waals surface area contributed by atoms with Crippen LogP contribution in [0.1, 0.15) is 5.56 Å². The summed E-state index contributed by atoms with van der Waals surface area (Å²) in [5, 5.41) is 9.17. The monoisotopic (exact) mass is 286 g/mol. The molecule has 21 heavy (non-hydrogen) atoms. The highest BCUT2D eigenvalue weighted by atomic mass is 16.5. The summed E-state index contributed by atoms with van der Waals surface area (Å²) in [6, 6.07) is 17.6. The minimum Gasteiger partial charge on any atom is -0.492 e. The molecule has 0 heterocycles. The molecule has 2 aromatic rings. The van der Waals surface area contributed by atoms with E-state index < -0.39 is 0 Å². The van der Waals surface area contributed by atoms with E-state index in [2.05, 4.69) is 17.0 Å². The number of benzene rings is 2. The van der Waals surface area contributed by atoms with Crippen molar-refractivity contribution in [3.05, 3.63) is 60.2 Å². The van der Waals surface area contributed by atoms with Crippen LogP contribution in [0, 0.1) is 0 Å². The van der Waals surface area contributed by atoms with Crippen LogP contribution in [-0.4, -0.2) is 36.3 Å². The highest BCUT2D eigenvalue weighted by Crippen LogP contribution is 2.14. The van der Waals surface area contributed by atoms with Crippen LogP contribution < -0.4 is 10.5 Å². The van der Waals surface area contributed by atoms with Gasteiger partial charge in [0, 0.05) is 31.4 Å². The number of anilines is 1. The number of nitrogens with zero attached hydrogens (tertiary/aromatic N) is 1. The topological polar surface area (TPSA) is 58.7 Å². The molecular weight excluding hydrogens is 264 g/mol. The third-order valence-electron chi connectivity index (χ3n) is 3.20. The summed E-state index contributed by atoms with van der Waals surface area (Å²) in [6.45, 7) is 2.91. The van der Waals surface area contributed by atoms with E-state index in [-0.39, 0.29) is 6.61 Å². The molecule has 2 rings (SSSR count). The van der Waals surface area contributed by atoms with E-state index in [4.69, 9.17) is 15.6 Å². The van der Waals surface area contributed by atoms with Crippen LogP contribution >= 0.6 is 0 Å². The molecule has 4 heteroatoms. The van der Waals surface area contributed by atoms with Crippen molar-refractivity contribution in [2.24, 2.45) is 0 Å². The first kappa shape index (κ1) is 15.4. The number of hydrogen-bond acceptors (Lipinski definition) is 4. The molecule has 112 valence electrons. The molecule has 0 fully saturated rings. The number of nitrogens with two attached hydrogens (primary N) is 1. The molecule has 0 aliphatic heterocycles. The average molecular weight is 286 g/mol. The Labute approximate surface area is 125 Å². The van der Waals surface area contributed by atoms with Gasteiger partial charge in [-0.1, -0.05) is 36.4 Å². The largest absolute Gasteiger partial charge is 0.492 e. The molecule has 0 aliphatic rings. The van der Waals surface area contributed by atoms with Gasteiger partial charge in [-0.15, -0.1) is 0 Å². The molecule has 0 spiro atoms. The van der Waals surface area contributed by atoms with Gasteiger partial charge in [-0.2, -0.15) is 0 Å². The normalized spacial score (nSPS) is 10.8. The van der Waals surface area contributed by atoms with Gasteiger partial charge in [-0.3, -0.25) is 4.90 Å². The lowest BCUT2D eigenvalue weighted by atomic mass is 10.2. The fourth-order valence-corrected chi connectivity index (χ4v) is 2.15. The molecule has 4 nitrogen and oxygen atoms in total. The summed E-state index contributed by atoms with van der Waals surface area (Å²) >= 11 is 0. The standard InChI is InChI=1S/C17H22N2O2/c18-16-7-4-8-17(13-16)21-12-10-19(9-11-20)14-15-5-2-1-3-6-15/h1-8,13,20H,9-12,14,18H2. The van der Waals surface area contributed by atoms with Gasteiger partial charge in [0.1, 0.15) is 12.4 Å². The third-order valence-corrected chi connectivity index (χ3v) is 3.20. The molecule has 0 unspecified atom stereocenters. The smallest absolute Gasteiger partial charge is 0.121 e. The van der Waals surface area contributed by atoms with Gasteiger partial charge in [-0.25, -0.2) is 0 Å². The zero-order valence-corrected chi connectivity index (χ0v) is 12.1. The van der Waals surface area contributed by atoms with Crippen molar-refractivity contribution in [3.63, 3.8) is 0 Å². The van der Waals surface area contributed by atoms with Gasteiger partial charge >= 0.3 is 0 Å². The molecule has 0 aromatic heterocycles. The van der Waals surface area contributed by atoms with E-state index in [0.29, 0.717) is 18.8 Å². The van der Waals surface area contributed by atoms with Crippen molar-refractivity contribution < 1.29 is 9.84 Å². The number of ether oxygens (including phenoxy) is 1. The predicted molar refractivity (Wildman–Crippen MR) is 85.2 cm³/mol. The Kier molecular flexibility index (Phi) is 6.06. The Hall–Kier alpha value is -2.04. The summed E-state index contributed by atoms with van der Waals surface area (Å²) in [4.78, 5) is 2.17. The number of hydrogen-bond donors (Lipinski definition) is 2. The average Bonchev–Trinajstić information content (AvgIpc) is 2.48. The molecule has 3 N–H and O–H groups in total. The van der Waals surface area contributed by atoms with Gasteiger partial charge in [0.25, 0.3) is 0 Å². The maximum absolute atomic E-state index is 9.17. The fraction of sp³-hybridized carbons (Fsp3) is 0.294. The maximum atomic E-state index is 9.17. The summed E-state index contributed by atoms with van der Waals surface area (Å²) in [5.74, 6) is 0.777.